The van der Waals surface area contributed by atoms with Crippen molar-refractivity contribution in [3.05, 3.63) is 59.7 Å². The fourth-order valence-corrected chi connectivity index (χ4v) is 3.92. The second-order valence-electron chi connectivity index (χ2n) is 7.27. The summed E-state index contributed by atoms with van der Waals surface area (Å²) < 4.78 is 0. The lowest BCUT2D eigenvalue weighted by Crippen LogP contribution is -2.48. The Hall–Kier alpha value is -3.35. The molecule has 2 aliphatic heterocycles. The molecule has 0 spiro atoms. The predicted octanol–water partition coefficient (Wildman–Crippen LogP) is 2.12. The minimum absolute atomic E-state index is 0.0264. The fourth-order valence-electron chi connectivity index (χ4n) is 3.92. The highest BCUT2D eigenvalue weighted by Gasteiger charge is 2.34. The monoisotopic (exact) mass is 393 g/mol. The van der Waals surface area contributed by atoms with E-state index in [-0.39, 0.29) is 30.0 Å². The molecular formula is C22H23N3O4. The van der Waals surface area contributed by atoms with E-state index in [0.717, 1.165) is 5.69 Å². The van der Waals surface area contributed by atoms with Gasteiger partial charge in [-0.2, -0.15) is 0 Å². The number of phenolic OH excluding ortho intramolecular Hbond substituents is 1. The van der Waals surface area contributed by atoms with Crippen molar-refractivity contribution in [3.63, 3.8) is 0 Å². The maximum Gasteiger partial charge on any atom is 0.261 e. The molecule has 3 amide bonds. The Labute approximate surface area is 169 Å². The molecule has 29 heavy (non-hydrogen) atoms. The third-order valence-corrected chi connectivity index (χ3v) is 5.51. The summed E-state index contributed by atoms with van der Waals surface area (Å²) in [6.45, 7) is 2.72. The molecule has 0 radical (unpaired) electrons. The predicted molar refractivity (Wildman–Crippen MR) is 108 cm³/mol. The molecule has 0 unspecified atom stereocenters. The summed E-state index contributed by atoms with van der Waals surface area (Å²) in [6, 6.07) is 14.0. The number of anilines is 1. The van der Waals surface area contributed by atoms with E-state index in [0.29, 0.717) is 50.1 Å². The van der Waals surface area contributed by atoms with Gasteiger partial charge in [-0.05, 0) is 30.7 Å². The lowest BCUT2D eigenvalue weighted by Gasteiger charge is -2.36. The Morgan fingerprint density at radius 3 is 2.07 bits per heavy atom. The summed E-state index contributed by atoms with van der Waals surface area (Å²) in [6.07, 6.45) is 0.744. The van der Waals surface area contributed by atoms with Crippen molar-refractivity contribution in [1.82, 2.24) is 9.80 Å². The second-order valence-corrected chi connectivity index (χ2v) is 7.27. The molecule has 150 valence electrons. The van der Waals surface area contributed by atoms with Crippen LogP contribution in [0.3, 0.4) is 0 Å². The quantitative estimate of drug-likeness (QED) is 0.787. The largest absolute Gasteiger partial charge is 0.506 e. The molecule has 7 heteroatoms. The Bertz CT molecular complexity index is 916. The summed E-state index contributed by atoms with van der Waals surface area (Å²) in [5.41, 5.74) is 1.65. The Kier molecular flexibility index (Phi) is 5.20. The van der Waals surface area contributed by atoms with Crippen LogP contribution >= 0.6 is 0 Å². The van der Waals surface area contributed by atoms with E-state index in [1.807, 2.05) is 12.1 Å². The average molecular weight is 393 g/mol. The van der Waals surface area contributed by atoms with Gasteiger partial charge in [-0.15, -0.1) is 0 Å². The van der Waals surface area contributed by atoms with Gasteiger partial charge in [-0.1, -0.05) is 24.3 Å². The van der Waals surface area contributed by atoms with Crippen LogP contribution in [0, 0.1) is 0 Å². The third-order valence-electron chi connectivity index (χ3n) is 5.51. The van der Waals surface area contributed by atoms with Crippen molar-refractivity contribution < 1.29 is 19.5 Å². The van der Waals surface area contributed by atoms with Crippen LogP contribution < -0.4 is 4.90 Å². The Morgan fingerprint density at radius 1 is 0.862 bits per heavy atom. The van der Waals surface area contributed by atoms with Crippen LogP contribution in [0.2, 0.25) is 0 Å². The third kappa shape index (κ3) is 3.68. The Balaban J connectivity index is 1.26. The van der Waals surface area contributed by atoms with E-state index in [4.69, 9.17) is 0 Å². The zero-order valence-electron chi connectivity index (χ0n) is 16.1. The number of nitrogens with zero attached hydrogens (tertiary/aromatic N) is 3. The fraction of sp³-hybridized carbons (Fsp3) is 0.318. The van der Waals surface area contributed by atoms with Crippen LogP contribution in [0.5, 0.6) is 5.75 Å². The molecule has 7 nitrogen and oxygen atoms in total. The SMILES string of the molecule is O=C(CCCN1C(=O)c2ccccc2C1=O)N1CCN(c2ccccc2O)CC1. The van der Waals surface area contributed by atoms with Crippen molar-refractivity contribution >= 4 is 23.4 Å². The summed E-state index contributed by atoms with van der Waals surface area (Å²) >= 11 is 0. The first-order valence-corrected chi connectivity index (χ1v) is 9.82. The number of rotatable bonds is 5. The van der Waals surface area contributed by atoms with E-state index in [9.17, 15) is 19.5 Å². The van der Waals surface area contributed by atoms with E-state index in [2.05, 4.69) is 4.90 Å². The van der Waals surface area contributed by atoms with Crippen LogP contribution in [0.15, 0.2) is 48.5 Å². The summed E-state index contributed by atoms with van der Waals surface area (Å²) in [7, 11) is 0. The van der Waals surface area contributed by atoms with Gasteiger partial charge in [0.05, 0.1) is 16.8 Å². The molecule has 0 aliphatic carbocycles. The number of imide groups is 1. The highest BCUT2D eigenvalue weighted by Crippen LogP contribution is 2.27. The summed E-state index contributed by atoms with van der Waals surface area (Å²) in [4.78, 5) is 42.4. The molecule has 2 heterocycles. The van der Waals surface area contributed by atoms with Crippen LogP contribution in [-0.2, 0) is 4.79 Å². The number of hydrogen-bond donors (Lipinski definition) is 1. The van der Waals surface area contributed by atoms with Crippen LogP contribution in [0.1, 0.15) is 33.6 Å². The molecule has 0 saturated carbocycles. The number of carbonyl (C=O) groups is 3. The molecule has 2 aliphatic rings. The lowest BCUT2D eigenvalue weighted by molar-refractivity contribution is -0.131. The number of hydrogen-bond acceptors (Lipinski definition) is 5. The molecule has 0 atom stereocenters. The molecule has 4 rings (SSSR count). The van der Waals surface area contributed by atoms with Gasteiger partial charge < -0.3 is 14.9 Å². The average Bonchev–Trinajstić information content (AvgIpc) is 2.99. The summed E-state index contributed by atoms with van der Waals surface area (Å²) in [5.74, 6) is -0.296. The smallest absolute Gasteiger partial charge is 0.261 e. The number of benzene rings is 2. The van der Waals surface area contributed by atoms with E-state index in [1.54, 1.807) is 41.3 Å². The molecular weight excluding hydrogens is 370 g/mol. The van der Waals surface area contributed by atoms with Crippen molar-refractivity contribution in [1.29, 1.82) is 0 Å². The number of aromatic hydroxyl groups is 1. The normalized spacial score (nSPS) is 16.3. The van der Waals surface area contributed by atoms with E-state index >= 15 is 0 Å². The Morgan fingerprint density at radius 2 is 1.45 bits per heavy atom. The number of fused-ring (bicyclic) bond motifs is 1. The van der Waals surface area contributed by atoms with E-state index < -0.39 is 0 Å². The van der Waals surface area contributed by atoms with Gasteiger partial charge in [-0.25, -0.2) is 0 Å². The molecule has 2 aromatic carbocycles. The number of phenols is 1. The van der Waals surface area contributed by atoms with Crippen LogP contribution in [0.25, 0.3) is 0 Å². The first kappa shape index (κ1) is 19.0. The number of carbonyl (C=O) groups excluding carboxylic acids is 3. The van der Waals surface area contributed by atoms with Gasteiger partial charge in [0.15, 0.2) is 0 Å². The van der Waals surface area contributed by atoms with Gasteiger partial charge in [0.25, 0.3) is 11.8 Å². The first-order chi connectivity index (χ1) is 14.1. The zero-order chi connectivity index (χ0) is 20.4. The van der Waals surface area contributed by atoms with Crippen molar-refractivity contribution in [2.24, 2.45) is 0 Å². The van der Waals surface area contributed by atoms with Crippen molar-refractivity contribution in [2.75, 3.05) is 37.6 Å². The second kappa shape index (κ2) is 7.95. The van der Waals surface area contributed by atoms with Gasteiger partial charge in [0.2, 0.25) is 5.91 Å². The first-order valence-electron chi connectivity index (χ1n) is 9.82. The van der Waals surface area contributed by atoms with Crippen molar-refractivity contribution in [2.45, 2.75) is 12.8 Å². The minimum Gasteiger partial charge on any atom is -0.506 e. The maximum absolute atomic E-state index is 12.5. The minimum atomic E-state index is -0.283. The van der Waals surface area contributed by atoms with E-state index in [1.165, 1.54) is 4.90 Å². The standard InChI is InChI=1S/C22H23N3O4/c26-19-9-4-3-8-18(19)23-12-14-24(15-13-23)20(27)10-5-11-25-21(28)16-6-1-2-7-17(16)22(25)29/h1-4,6-9,26H,5,10-15H2. The number of piperazine rings is 1. The number of para-hydroxylation sites is 2. The number of amides is 3. The molecule has 2 aromatic rings. The molecule has 0 bridgehead atoms. The molecule has 1 N–H and O–H groups in total. The van der Waals surface area contributed by atoms with Gasteiger partial charge >= 0.3 is 0 Å². The molecule has 1 saturated heterocycles. The van der Waals surface area contributed by atoms with Gasteiger partial charge in [-0.3, -0.25) is 19.3 Å². The topological polar surface area (TPSA) is 81.2 Å². The lowest BCUT2D eigenvalue weighted by atomic mass is 10.1. The van der Waals surface area contributed by atoms with Gasteiger partial charge in [0, 0.05) is 39.1 Å². The molecule has 0 aromatic heterocycles. The molecule has 1 fully saturated rings. The highest BCUT2D eigenvalue weighted by molar-refractivity contribution is 6.21. The summed E-state index contributed by atoms with van der Waals surface area (Å²) in [5, 5.41) is 9.98. The maximum atomic E-state index is 12.5. The van der Waals surface area contributed by atoms with Crippen LogP contribution in [0.4, 0.5) is 5.69 Å². The van der Waals surface area contributed by atoms with Crippen molar-refractivity contribution in [3.8, 4) is 5.75 Å². The van der Waals surface area contributed by atoms with Gasteiger partial charge in [0.1, 0.15) is 5.75 Å². The zero-order valence-corrected chi connectivity index (χ0v) is 16.1. The highest BCUT2D eigenvalue weighted by atomic mass is 16.3. The van der Waals surface area contributed by atoms with Crippen LogP contribution in [-0.4, -0.2) is 65.4 Å².